The van der Waals surface area contributed by atoms with Crippen LogP contribution in [0.4, 0.5) is 0 Å². The molecular weight excluding hydrogens is 208 g/mol. The molecule has 1 N–H and O–H groups in total. The van der Waals surface area contributed by atoms with Gasteiger partial charge in [-0.15, -0.1) is 0 Å². The first-order valence-corrected chi connectivity index (χ1v) is 5.50. The van der Waals surface area contributed by atoms with Crippen molar-refractivity contribution in [1.29, 1.82) is 0 Å². The molecule has 90 valence electrons. The van der Waals surface area contributed by atoms with Crippen LogP contribution >= 0.6 is 0 Å². The van der Waals surface area contributed by atoms with E-state index < -0.39 is 5.60 Å². The topological polar surface area (TPSA) is 56.5 Å². The maximum absolute atomic E-state index is 10.5. The Bertz CT molecular complexity index is 348. The molecule has 1 aromatic rings. The van der Waals surface area contributed by atoms with Gasteiger partial charge in [0.2, 0.25) is 0 Å². The first kappa shape index (κ1) is 11.4. The second kappa shape index (κ2) is 4.07. The second-order valence-electron chi connectivity index (χ2n) is 4.17. The zero-order chi connectivity index (χ0) is 11.8. The van der Waals surface area contributed by atoms with E-state index in [0.717, 1.165) is 12.2 Å². The average Bonchev–Trinajstić information content (AvgIpc) is 2.67. The van der Waals surface area contributed by atoms with E-state index in [0.29, 0.717) is 18.6 Å². The molecule has 1 saturated carbocycles. The molecular formula is C11H18N2O3. The molecule has 1 aliphatic carbocycles. The third kappa shape index (κ3) is 1.60. The fraction of sp³-hybridized carbons (Fsp3) is 0.727. The third-order valence-electron chi connectivity index (χ3n) is 3.23. The fourth-order valence-electron chi connectivity index (χ4n) is 2.28. The molecule has 5 heteroatoms. The lowest BCUT2D eigenvalue weighted by Gasteiger charge is -2.42. The van der Waals surface area contributed by atoms with E-state index in [-0.39, 0.29) is 6.10 Å². The summed E-state index contributed by atoms with van der Waals surface area (Å²) in [6.45, 7) is 2.71. The number of aryl methyl sites for hydroxylation is 1. The number of hydrogen-bond acceptors (Lipinski definition) is 4. The number of aliphatic hydroxyl groups is 1. The first-order chi connectivity index (χ1) is 7.64. The number of methoxy groups -OCH3 is 2. The Labute approximate surface area is 95.0 Å². The third-order valence-corrected chi connectivity index (χ3v) is 3.23. The van der Waals surface area contributed by atoms with Crippen molar-refractivity contribution in [2.75, 3.05) is 14.2 Å². The minimum atomic E-state index is -0.849. The van der Waals surface area contributed by atoms with Gasteiger partial charge in [0.25, 0.3) is 0 Å². The van der Waals surface area contributed by atoms with Crippen LogP contribution in [0.1, 0.15) is 25.5 Å². The van der Waals surface area contributed by atoms with Crippen LogP contribution in [0.15, 0.2) is 6.20 Å². The molecule has 2 rings (SSSR count). The molecule has 1 aromatic heterocycles. The number of ether oxygens (including phenoxy) is 2. The summed E-state index contributed by atoms with van der Waals surface area (Å²) in [5.41, 5.74) is -0.0794. The Kier molecular flexibility index (Phi) is 2.90. The summed E-state index contributed by atoms with van der Waals surface area (Å²) >= 11 is 0. The lowest BCUT2D eigenvalue weighted by molar-refractivity contribution is -0.138. The zero-order valence-corrected chi connectivity index (χ0v) is 9.93. The molecule has 0 spiro atoms. The Morgan fingerprint density at radius 2 is 2.25 bits per heavy atom. The van der Waals surface area contributed by atoms with E-state index in [2.05, 4.69) is 5.10 Å². The predicted octanol–water partition coefficient (Wildman–Crippen LogP) is 0.908. The van der Waals surface area contributed by atoms with Gasteiger partial charge in [-0.3, -0.25) is 4.68 Å². The number of rotatable bonds is 4. The Morgan fingerprint density at radius 3 is 2.75 bits per heavy atom. The summed E-state index contributed by atoms with van der Waals surface area (Å²) in [5.74, 6) is 0.652. The van der Waals surface area contributed by atoms with Crippen LogP contribution in [0.2, 0.25) is 0 Å². The minimum Gasteiger partial charge on any atom is -0.493 e. The number of hydrogen-bond donors (Lipinski definition) is 1. The maximum atomic E-state index is 10.5. The van der Waals surface area contributed by atoms with Crippen LogP contribution in [0.3, 0.4) is 0 Å². The highest BCUT2D eigenvalue weighted by atomic mass is 16.5. The van der Waals surface area contributed by atoms with Gasteiger partial charge in [-0.05, 0) is 6.92 Å². The summed E-state index contributed by atoms with van der Waals surface area (Å²) in [4.78, 5) is 0. The smallest absolute Gasteiger partial charge is 0.162 e. The van der Waals surface area contributed by atoms with Crippen LogP contribution in [0.5, 0.6) is 5.75 Å². The molecule has 0 radical (unpaired) electrons. The summed E-state index contributed by atoms with van der Waals surface area (Å²) in [6, 6.07) is 0. The number of aromatic nitrogens is 2. The van der Waals surface area contributed by atoms with Crippen molar-refractivity contribution >= 4 is 0 Å². The van der Waals surface area contributed by atoms with Gasteiger partial charge in [-0.2, -0.15) is 5.10 Å². The highest BCUT2D eigenvalue weighted by molar-refractivity contribution is 5.33. The minimum absolute atomic E-state index is 0.134. The molecule has 0 amide bonds. The molecule has 1 aliphatic rings. The van der Waals surface area contributed by atoms with Crippen molar-refractivity contribution in [2.24, 2.45) is 0 Å². The monoisotopic (exact) mass is 226 g/mol. The van der Waals surface area contributed by atoms with E-state index in [1.54, 1.807) is 25.1 Å². The summed E-state index contributed by atoms with van der Waals surface area (Å²) in [6.07, 6.45) is 2.99. The summed E-state index contributed by atoms with van der Waals surface area (Å²) in [7, 11) is 3.26. The van der Waals surface area contributed by atoms with Gasteiger partial charge in [0.1, 0.15) is 11.3 Å². The highest BCUT2D eigenvalue weighted by Crippen LogP contribution is 2.45. The second-order valence-corrected chi connectivity index (χ2v) is 4.17. The first-order valence-electron chi connectivity index (χ1n) is 5.50. The van der Waals surface area contributed by atoms with E-state index >= 15 is 0 Å². The normalized spacial score (nSPS) is 28.9. The highest BCUT2D eigenvalue weighted by Gasteiger charge is 2.48. The predicted molar refractivity (Wildman–Crippen MR) is 58.4 cm³/mol. The van der Waals surface area contributed by atoms with Crippen LogP contribution in [-0.2, 0) is 16.9 Å². The lowest BCUT2D eigenvalue weighted by atomic mass is 9.75. The average molecular weight is 226 g/mol. The van der Waals surface area contributed by atoms with E-state index in [1.165, 1.54) is 0 Å². The molecule has 0 saturated heterocycles. The van der Waals surface area contributed by atoms with E-state index in [1.807, 2.05) is 6.92 Å². The van der Waals surface area contributed by atoms with E-state index in [4.69, 9.17) is 9.47 Å². The Balaban J connectivity index is 2.29. The molecule has 16 heavy (non-hydrogen) atoms. The van der Waals surface area contributed by atoms with Crippen LogP contribution in [0.25, 0.3) is 0 Å². The Morgan fingerprint density at radius 1 is 1.56 bits per heavy atom. The molecule has 0 bridgehead atoms. The van der Waals surface area contributed by atoms with Crippen LogP contribution in [-0.4, -0.2) is 35.2 Å². The molecule has 0 aliphatic heterocycles. The standard InChI is InChI=1S/C11H18N2O3/c1-4-13-10(9(16-3)7-12-13)11(14)5-8(6-11)15-2/h7-8,14H,4-6H2,1-3H3. The van der Waals surface area contributed by atoms with Crippen molar-refractivity contribution in [2.45, 2.75) is 38.0 Å². The van der Waals surface area contributed by atoms with Gasteiger partial charge in [-0.1, -0.05) is 0 Å². The fourth-order valence-corrected chi connectivity index (χ4v) is 2.28. The summed E-state index contributed by atoms with van der Waals surface area (Å²) in [5, 5.41) is 14.7. The van der Waals surface area contributed by atoms with Gasteiger partial charge in [0.05, 0.1) is 19.4 Å². The van der Waals surface area contributed by atoms with Crippen LogP contribution < -0.4 is 4.74 Å². The van der Waals surface area contributed by atoms with Crippen molar-refractivity contribution in [3.63, 3.8) is 0 Å². The summed E-state index contributed by atoms with van der Waals surface area (Å²) < 4.78 is 12.2. The quantitative estimate of drug-likeness (QED) is 0.829. The molecule has 0 aromatic carbocycles. The van der Waals surface area contributed by atoms with Gasteiger partial charge >= 0.3 is 0 Å². The molecule has 5 nitrogen and oxygen atoms in total. The van der Waals surface area contributed by atoms with Crippen molar-refractivity contribution in [1.82, 2.24) is 9.78 Å². The van der Waals surface area contributed by atoms with Crippen molar-refractivity contribution in [3.8, 4) is 5.75 Å². The van der Waals surface area contributed by atoms with E-state index in [9.17, 15) is 5.11 Å². The molecule has 0 atom stereocenters. The molecule has 1 fully saturated rings. The zero-order valence-electron chi connectivity index (χ0n) is 9.93. The van der Waals surface area contributed by atoms with Crippen LogP contribution in [0, 0.1) is 0 Å². The largest absolute Gasteiger partial charge is 0.493 e. The Hall–Kier alpha value is -1.07. The van der Waals surface area contributed by atoms with Crippen molar-refractivity contribution < 1.29 is 14.6 Å². The van der Waals surface area contributed by atoms with Gasteiger partial charge in [0, 0.05) is 26.5 Å². The van der Waals surface area contributed by atoms with Gasteiger partial charge < -0.3 is 14.6 Å². The molecule has 0 unspecified atom stereocenters. The van der Waals surface area contributed by atoms with Gasteiger partial charge in [0.15, 0.2) is 5.75 Å². The lowest BCUT2D eigenvalue weighted by Crippen LogP contribution is -2.47. The molecule has 1 heterocycles. The van der Waals surface area contributed by atoms with Crippen molar-refractivity contribution in [3.05, 3.63) is 11.9 Å². The van der Waals surface area contributed by atoms with Gasteiger partial charge in [-0.25, -0.2) is 0 Å². The maximum Gasteiger partial charge on any atom is 0.162 e. The SMILES string of the molecule is CCn1ncc(OC)c1C1(O)CC(OC)C1. The number of nitrogens with zero attached hydrogens (tertiary/aromatic N) is 2.